The van der Waals surface area contributed by atoms with Crippen molar-refractivity contribution in [3.63, 3.8) is 0 Å². The van der Waals surface area contributed by atoms with Crippen LogP contribution < -0.4 is 0 Å². The van der Waals surface area contributed by atoms with Gasteiger partial charge in [0.2, 0.25) is 0 Å². The summed E-state index contributed by atoms with van der Waals surface area (Å²) in [6.45, 7) is 3.59. The molecule has 0 aliphatic carbocycles. The summed E-state index contributed by atoms with van der Waals surface area (Å²) >= 11 is 1.56. The summed E-state index contributed by atoms with van der Waals surface area (Å²) in [6.07, 6.45) is 1.74. The highest BCUT2D eigenvalue weighted by Crippen LogP contribution is 1.98. The number of aromatic nitrogens is 1. The van der Waals surface area contributed by atoms with Gasteiger partial charge < -0.3 is 0 Å². The number of rotatable bonds is 0. The molecule has 35 valence electrons. The van der Waals surface area contributed by atoms with E-state index in [1.165, 1.54) is 0 Å². The largest absolute Gasteiger partial charge is 0.316 e. The third kappa shape index (κ3) is 2.26. The molecule has 0 saturated heterocycles. The average Bonchev–Trinajstić information content (AvgIpc) is 1.86. The summed E-state index contributed by atoms with van der Waals surface area (Å²) in [5, 5.41) is 2.79. The fourth-order valence-electron chi connectivity index (χ4n) is 0.253. The Hall–Kier alpha value is 0.396. The monoisotopic (exact) mass is 124 g/mol. The van der Waals surface area contributed by atoms with E-state index in [2.05, 4.69) is 11.9 Å². The Morgan fingerprint density at radius 3 is 2.57 bits per heavy atom. The summed E-state index contributed by atoms with van der Waals surface area (Å²) in [5.74, 6) is 0. The van der Waals surface area contributed by atoms with Crippen LogP contribution in [-0.2, 0) is 0 Å². The zero-order valence-electron chi connectivity index (χ0n) is 3.22. The zero-order chi connectivity index (χ0) is 4.41. The van der Waals surface area contributed by atoms with Gasteiger partial charge in [-0.2, -0.15) is 0 Å². The topological polar surface area (TPSA) is 12.9 Å². The van der Waals surface area contributed by atoms with Crippen LogP contribution in [0.15, 0.2) is 11.6 Å². The highest BCUT2D eigenvalue weighted by Gasteiger charge is 1.76. The quantitative estimate of drug-likeness (QED) is 0.457. The van der Waals surface area contributed by atoms with E-state index in [-0.39, 0.29) is 23.1 Å². The van der Waals surface area contributed by atoms with Gasteiger partial charge in [0.05, 0.1) is 5.01 Å². The lowest BCUT2D eigenvalue weighted by Crippen LogP contribution is -1.56. The van der Waals surface area contributed by atoms with Gasteiger partial charge in [-0.05, 0) is 0 Å². The van der Waals surface area contributed by atoms with E-state index in [1.54, 1.807) is 17.5 Å². The molecule has 7 heavy (non-hydrogen) atoms. The van der Waals surface area contributed by atoms with Gasteiger partial charge in [0, 0.05) is 18.5 Å². The Balaban J connectivity index is 0.000000360. The van der Waals surface area contributed by atoms with E-state index in [4.69, 9.17) is 0 Å². The number of nitrogens with zero attached hydrogens (tertiary/aromatic N) is 1. The van der Waals surface area contributed by atoms with Crippen LogP contribution in [0.1, 0.15) is 5.01 Å². The van der Waals surface area contributed by atoms with Crippen LogP contribution in [0.5, 0.6) is 0 Å². The van der Waals surface area contributed by atoms with Gasteiger partial charge in [0.15, 0.2) is 0 Å². The second-order valence-corrected chi connectivity index (χ2v) is 1.90. The first kappa shape index (κ1) is 7.40. The predicted molar refractivity (Wildman–Crippen MR) is 35.1 cm³/mol. The summed E-state index contributed by atoms with van der Waals surface area (Å²) < 4.78 is 0. The maximum absolute atomic E-state index is 3.82. The number of hydrogen-bond acceptors (Lipinski definition) is 2. The van der Waals surface area contributed by atoms with Crippen molar-refractivity contribution in [2.24, 2.45) is 0 Å². The molecule has 1 aromatic rings. The van der Waals surface area contributed by atoms with Crippen molar-refractivity contribution in [2.75, 3.05) is 0 Å². The minimum Gasteiger partial charge on any atom is -0.250 e. The van der Waals surface area contributed by atoms with E-state index >= 15 is 0 Å². The van der Waals surface area contributed by atoms with E-state index in [1.807, 2.05) is 5.38 Å². The van der Waals surface area contributed by atoms with Crippen molar-refractivity contribution >= 4 is 34.4 Å². The molecule has 0 aliphatic rings. The lowest BCUT2D eigenvalue weighted by Gasteiger charge is -1.64. The molecule has 1 nitrogen and oxygen atoms in total. The molecule has 0 bridgehead atoms. The first-order valence-electron chi connectivity index (χ1n) is 1.61. The van der Waals surface area contributed by atoms with Crippen LogP contribution in [0.4, 0.5) is 0 Å². The third-order valence-corrected chi connectivity index (χ3v) is 1.12. The van der Waals surface area contributed by atoms with Gasteiger partial charge in [-0.15, -0.1) is 11.3 Å². The van der Waals surface area contributed by atoms with Crippen LogP contribution in [0, 0.1) is 6.92 Å². The molecular weight excluding hydrogens is 118 g/mol. The molecule has 0 saturated carbocycles. The second-order valence-electron chi connectivity index (χ2n) is 0.926. The van der Waals surface area contributed by atoms with E-state index in [9.17, 15) is 0 Å². The van der Waals surface area contributed by atoms with Crippen molar-refractivity contribution in [1.29, 1.82) is 0 Å². The van der Waals surface area contributed by atoms with Crippen molar-refractivity contribution < 1.29 is 0 Å². The SMILES string of the molecule is [CH2]c1nccs1.[MgH2]. The fourth-order valence-corrected chi connectivity index (χ4v) is 0.653. The molecule has 1 rings (SSSR count). The van der Waals surface area contributed by atoms with Crippen LogP contribution in [0.25, 0.3) is 0 Å². The Bertz CT molecular complexity index is 115. The van der Waals surface area contributed by atoms with Gasteiger partial charge >= 0.3 is 23.1 Å². The smallest absolute Gasteiger partial charge is 0.250 e. The van der Waals surface area contributed by atoms with Crippen LogP contribution in [0.3, 0.4) is 0 Å². The minimum atomic E-state index is 0. The summed E-state index contributed by atoms with van der Waals surface area (Å²) in [5.41, 5.74) is 0. The Morgan fingerprint density at radius 2 is 2.43 bits per heavy atom. The lowest BCUT2D eigenvalue weighted by atomic mass is 10.8. The fraction of sp³-hybridized carbons (Fsp3) is 0. The lowest BCUT2D eigenvalue weighted by molar-refractivity contribution is 1.37. The Morgan fingerprint density at radius 1 is 1.71 bits per heavy atom. The number of thiazole rings is 1. The number of hydrogen-bond donors (Lipinski definition) is 0. The van der Waals surface area contributed by atoms with Gasteiger partial charge in [0.1, 0.15) is 0 Å². The highest BCUT2D eigenvalue weighted by molar-refractivity contribution is 7.09. The third-order valence-electron chi connectivity index (χ3n) is 0.483. The maximum Gasteiger partial charge on any atom is 0.316 e. The van der Waals surface area contributed by atoms with E-state index in [0.29, 0.717) is 0 Å². The summed E-state index contributed by atoms with van der Waals surface area (Å²) in [6, 6.07) is 0. The molecule has 0 amide bonds. The Kier molecular flexibility index (Phi) is 3.60. The molecule has 0 spiro atoms. The van der Waals surface area contributed by atoms with E-state index in [0.717, 1.165) is 5.01 Å². The minimum absolute atomic E-state index is 0. The van der Waals surface area contributed by atoms with Gasteiger partial charge in [0.25, 0.3) is 0 Å². The molecular formula is C4H6MgNS. The highest BCUT2D eigenvalue weighted by atomic mass is 32.1. The van der Waals surface area contributed by atoms with Crippen molar-refractivity contribution in [2.45, 2.75) is 0 Å². The average molecular weight is 124 g/mol. The van der Waals surface area contributed by atoms with Crippen molar-refractivity contribution in [3.05, 3.63) is 23.5 Å². The second kappa shape index (κ2) is 3.40. The van der Waals surface area contributed by atoms with Crippen molar-refractivity contribution in [1.82, 2.24) is 4.98 Å². The van der Waals surface area contributed by atoms with Gasteiger partial charge in [-0.1, -0.05) is 0 Å². The molecule has 0 atom stereocenters. The first-order valence-corrected chi connectivity index (χ1v) is 2.49. The normalized spacial score (nSPS) is 7.57. The maximum atomic E-state index is 3.82. The van der Waals surface area contributed by atoms with Crippen LogP contribution >= 0.6 is 11.3 Å². The van der Waals surface area contributed by atoms with Crippen molar-refractivity contribution in [3.8, 4) is 0 Å². The summed E-state index contributed by atoms with van der Waals surface area (Å²) in [4.78, 5) is 3.82. The molecule has 0 unspecified atom stereocenters. The molecule has 1 aromatic heterocycles. The molecule has 0 aromatic carbocycles. The molecule has 1 heterocycles. The van der Waals surface area contributed by atoms with E-state index < -0.39 is 0 Å². The van der Waals surface area contributed by atoms with Gasteiger partial charge in [-0.3, -0.25) is 0 Å². The molecule has 1 radical (unpaired) electrons. The molecule has 0 aliphatic heterocycles. The molecule has 0 fully saturated rings. The van der Waals surface area contributed by atoms with Crippen LogP contribution in [-0.4, -0.2) is 28.0 Å². The van der Waals surface area contributed by atoms with Crippen LogP contribution in [0.2, 0.25) is 0 Å². The molecule has 0 N–H and O–H groups in total. The Labute approximate surface area is 62.9 Å². The molecule has 3 heteroatoms. The van der Waals surface area contributed by atoms with Gasteiger partial charge in [-0.25, -0.2) is 4.98 Å². The first-order chi connectivity index (χ1) is 2.89. The standard InChI is InChI=1S/C4H4NS.Mg.2H/c1-4-5-2-3-6-4;;;/h2-3H,1H2;;;. The zero-order valence-corrected chi connectivity index (χ0v) is 4.03. The summed E-state index contributed by atoms with van der Waals surface area (Å²) in [7, 11) is 0. The predicted octanol–water partition coefficient (Wildman–Crippen LogP) is 0.409.